The Morgan fingerprint density at radius 1 is 1.24 bits per heavy atom. The van der Waals surface area contributed by atoms with E-state index < -0.39 is 35.4 Å². The second kappa shape index (κ2) is 10.1. The standard InChI is InChI=1S/C23H32N6O5/c1-23(2,3)29(28(22(33)34)12-11-18(24)30)21(32)17(13-14-7-6-8-14)27-20(31)19-25-15-9-4-5-10-16(15)26-19/h4-5,9-10,14,17H,6-8,11-13H2,1-3H3,(H2,24,30)(H,25,26)(H,27,31)(H,33,34). The van der Waals surface area contributed by atoms with Gasteiger partial charge in [0.15, 0.2) is 5.82 Å². The second-order valence-corrected chi connectivity index (χ2v) is 9.60. The smallest absolute Gasteiger partial charge is 0.426 e. The summed E-state index contributed by atoms with van der Waals surface area (Å²) in [5.74, 6) is -1.50. The van der Waals surface area contributed by atoms with Gasteiger partial charge in [-0.25, -0.2) is 19.8 Å². The minimum absolute atomic E-state index is 0.0683. The van der Waals surface area contributed by atoms with Crippen molar-refractivity contribution in [1.29, 1.82) is 0 Å². The highest BCUT2D eigenvalue weighted by Gasteiger charge is 2.40. The van der Waals surface area contributed by atoms with Gasteiger partial charge in [0.1, 0.15) is 6.04 Å². The Bertz CT molecular complexity index is 1040. The molecule has 0 saturated heterocycles. The maximum atomic E-state index is 13.8. The monoisotopic (exact) mass is 472 g/mol. The average molecular weight is 473 g/mol. The van der Waals surface area contributed by atoms with Crippen molar-refractivity contribution in [3.8, 4) is 0 Å². The van der Waals surface area contributed by atoms with Crippen LogP contribution in [0.3, 0.4) is 0 Å². The van der Waals surface area contributed by atoms with Crippen LogP contribution < -0.4 is 11.1 Å². The molecule has 1 unspecified atom stereocenters. The van der Waals surface area contributed by atoms with Crippen LogP contribution in [0.1, 0.15) is 63.5 Å². The zero-order valence-electron chi connectivity index (χ0n) is 19.7. The van der Waals surface area contributed by atoms with Crippen molar-refractivity contribution in [2.45, 2.75) is 64.5 Å². The Balaban J connectivity index is 1.89. The number of hydrogen-bond acceptors (Lipinski definition) is 5. The summed E-state index contributed by atoms with van der Waals surface area (Å²) < 4.78 is 0. The number of hydrazine groups is 1. The quantitative estimate of drug-likeness (QED) is 0.431. The van der Waals surface area contributed by atoms with Crippen LogP contribution in [0.2, 0.25) is 0 Å². The van der Waals surface area contributed by atoms with E-state index in [-0.39, 0.29) is 24.7 Å². The number of hydrogen-bond donors (Lipinski definition) is 4. The lowest BCUT2D eigenvalue weighted by atomic mass is 9.80. The van der Waals surface area contributed by atoms with Crippen molar-refractivity contribution in [3.63, 3.8) is 0 Å². The fourth-order valence-electron chi connectivity index (χ4n) is 4.03. The fourth-order valence-corrected chi connectivity index (χ4v) is 4.03. The van der Waals surface area contributed by atoms with Crippen molar-refractivity contribution < 1.29 is 24.3 Å². The lowest BCUT2D eigenvalue weighted by Gasteiger charge is -2.44. The van der Waals surface area contributed by atoms with E-state index in [0.717, 1.165) is 29.3 Å². The lowest BCUT2D eigenvalue weighted by molar-refractivity contribution is -0.161. The molecule has 3 rings (SSSR count). The Labute approximate surface area is 197 Å². The molecular weight excluding hydrogens is 440 g/mol. The molecule has 0 aliphatic heterocycles. The average Bonchev–Trinajstić information content (AvgIpc) is 3.15. The summed E-state index contributed by atoms with van der Waals surface area (Å²) in [7, 11) is 0. The van der Waals surface area contributed by atoms with Gasteiger partial charge in [-0.05, 0) is 45.2 Å². The zero-order chi connectivity index (χ0) is 25.0. The third-order valence-electron chi connectivity index (χ3n) is 5.88. The molecule has 1 aliphatic carbocycles. The van der Waals surface area contributed by atoms with Gasteiger partial charge < -0.3 is 21.1 Å². The van der Waals surface area contributed by atoms with Crippen LogP contribution in [0.25, 0.3) is 11.0 Å². The highest BCUT2D eigenvalue weighted by molar-refractivity contribution is 5.97. The van der Waals surface area contributed by atoms with Crippen molar-refractivity contribution in [2.75, 3.05) is 6.54 Å². The minimum Gasteiger partial charge on any atom is -0.464 e. The molecule has 1 heterocycles. The molecule has 1 aromatic heterocycles. The molecule has 1 fully saturated rings. The molecule has 2 aromatic rings. The number of primary amides is 1. The number of aromatic amines is 1. The van der Waals surface area contributed by atoms with E-state index in [2.05, 4.69) is 15.3 Å². The van der Waals surface area contributed by atoms with E-state index in [9.17, 15) is 24.3 Å². The van der Waals surface area contributed by atoms with Crippen molar-refractivity contribution >= 4 is 34.8 Å². The highest BCUT2D eigenvalue weighted by Crippen LogP contribution is 2.32. The van der Waals surface area contributed by atoms with E-state index in [0.29, 0.717) is 17.5 Å². The molecule has 1 atom stereocenters. The van der Waals surface area contributed by atoms with Crippen LogP contribution in [0.5, 0.6) is 0 Å². The van der Waals surface area contributed by atoms with Crippen LogP contribution in [-0.4, -0.2) is 67.0 Å². The summed E-state index contributed by atoms with van der Waals surface area (Å²) in [5, 5.41) is 14.5. The molecular formula is C23H32N6O5. The third kappa shape index (κ3) is 5.83. The number of aromatic nitrogens is 2. The van der Waals surface area contributed by atoms with Gasteiger partial charge >= 0.3 is 6.09 Å². The number of nitrogens with zero attached hydrogens (tertiary/aromatic N) is 3. The molecule has 184 valence electrons. The van der Waals surface area contributed by atoms with Gasteiger partial charge in [0.2, 0.25) is 5.91 Å². The number of amides is 4. The minimum atomic E-state index is -1.39. The maximum absolute atomic E-state index is 13.8. The molecule has 11 nitrogen and oxygen atoms in total. The number of H-pyrrole nitrogens is 1. The summed E-state index contributed by atoms with van der Waals surface area (Å²) in [4.78, 5) is 57.4. The van der Waals surface area contributed by atoms with Gasteiger partial charge in [0.05, 0.1) is 23.1 Å². The number of fused-ring (bicyclic) bond motifs is 1. The van der Waals surface area contributed by atoms with Crippen LogP contribution in [-0.2, 0) is 9.59 Å². The maximum Gasteiger partial charge on any atom is 0.426 e. The lowest BCUT2D eigenvalue weighted by Crippen LogP contribution is -2.63. The molecule has 1 aliphatic rings. The predicted molar refractivity (Wildman–Crippen MR) is 124 cm³/mol. The molecule has 5 N–H and O–H groups in total. The first kappa shape index (κ1) is 25.0. The first-order valence-corrected chi connectivity index (χ1v) is 11.4. The third-order valence-corrected chi connectivity index (χ3v) is 5.88. The Morgan fingerprint density at radius 3 is 2.44 bits per heavy atom. The van der Waals surface area contributed by atoms with E-state index in [1.165, 1.54) is 0 Å². The summed E-state index contributed by atoms with van der Waals surface area (Å²) in [6.07, 6.45) is 1.65. The van der Waals surface area contributed by atoms with E-state index in [4.69, 9.17) is 5.73 Å². The number of nitrogens with two attached hydrogens (primary N) is 1. The fraction of sp³-hybridized carbons (Fsp3) is 0.522. The first-order chi connectivity index (χ1) is 16.0. The second-order valence-electron chi connectivity index (χ2n) is 9.60. The Kier molecular flexibility index (Phi) is 7.43. The Hall–Kier alpha value is -3.63. The van der Waals surface area contributed by atoms with Crippen molar-refractivity contribution in [3.05, 3.63) is 30.1 Å². The van der Waals surface area contributed by atoms with Gasteiger partial charge in [-0.3, -0.25) is 14.4 Å². The number of rotatable bonds is 8. The molecule has 1 saturated carbocycles. The van der Waals surface area contributed by atoms with Crippen molar-refractivity contribution in [1.82, 2.24) is 25.3 Å². The molecule has 0 spiro atoms. The van der Waals surface area contributed by atoms with Gasteiger partial charge in [-0.15, -0.1) is 0 Å². The molecule has 4 amide bonds. The zero-order valence-corrected chi connectivity index (χ0v) is 19.7. The van der Waals surface area contributed by atoms with Crippen LogP contribution in [0, 0.1) is 5.92 Å². The summed E-state index contributed by atoms with van der Waals surface area (Å²) in [6, 6.07) is 6.21. The van der Waals surface area contributed by atoms with Gasteiger partial charge in [-0.2, -0.15) is 0 Å². The van der Waals surface area contributed by atoms with Gasteiger partial charge in [-0.1, -0.05) is 31.4 Å². The normalized spacial score (nSPS) is 14.8. The number of carbonyl (C=O) groups excluding carboxylic acids is 3. The van der Waals surface area contributed by atoms with Gasteiger partial charge in [0.25, 0.3) is 11.8 Å². The van der Waals surface area contributed by atoms with Crippen LogP contribution in [0.15, 0.2) is 24.3 Å². The first-order valence-electron chi connectivity index (χ1n) is 11.4. The number of nitrogens with one attached hydrogen (secondary N) is 2. The van der Waals surface area contributed by atoms with E-state index in [1.807, 2.05) is 12.1 Å². The number of carbonyl (C=O) groups is 4. The molecule has 1 aromatic carbocycles. The molecule has 0 radical (unpaired) electrons. The molecule has 11 heteroatoms. The van der Waals surface area contributed by atoms with Crippen molar-refractivity contribution in [2.24, 2.45) is 11.7 Å². The van der Waals surface area contributed by atoms with Crippen LogP contribution in [0.4, 0.5) is 4.79 Å². The predicted octanol–water partition coefficient (Wildman–Crippen LogP) is 2.25. The Morgan fingerprint density at radius 2 is 1.91 bits per heavy atom. The summed E-state index contributed by atoms with van der Waals surface area (Å²) in [5.41, 5.74) is 5.57. The summed E-state index contributed by atoms with van der Waals surface area (Å²) >= 11 is 0. The number of imidazole rings is 1. The summed E-state index contributed by atoms with van der Waals surface area (Å²) in [6.45, 7) is 4.78. The SMILES string of the molecule is CC(C)(C)N(C(=O)C(CC1CCC1)NC(=O)c1nc2ccccc2[nH]1)N(CCC(N)=O)C(=O)O. The van der Waals surface area contributed by atoms with E-state index in [1.54, 1.807) is 32.9 Å². The number of para-hydroxylation sites is 2. The number of benzene rings is 1. The van der Waals surface area contributed by atoms with Crippen LogP contribution >= 0.6 is 0 Å². The van der Waals surface area contributed by atoms with E-state index >= 15 is 0 Å². The van der Waals surface area contributed by atoms with Gasteiger partial charge in [0, 0.05) is 6.42 Å². The molecule has 34 heavy (non-hydrogen) atoms. The topological polar surface area (TPSA) is 162 Å². The largest absolute Gasteiger partial charge is 0.464 e. The molecule has 0 bridgehead atoms. The highest BCUT2D eigenvalue weighted by atomic mass is 16.4. The number of carboxylic acid groups (broad SMARTS) is 1.